The Labute approximate surface area is 136 Å². The van der Waals surface area contributed by atoms with Gasteiger partial charge in [0.15, 0.2) is 4.47 Å². The Hall–Kier alpha value is -1.34. The molecule has 0 fully saturated rings. The van der Waals surface area contributed by atoms with Crippen LogP contribution in [0.1, 0.15) is 4.88 Å². The number of thiazole rings is 1. The zero-order valence-corrected chi connectivity index (χ0v) is 13.5. The monoisotopic (exact) mass is 345 g/mol. The number of halogens is 2. The van der Waals surface area contributed by atoms with E-state index in [0.29, 0.717) is 21.7 Å². The molecule has 5 nitrogen and oxygen atoms in total. The number of carbonyl (C=O) groups excluding carboxylic acids is 1. The highest BCUT2D eigenvalue weighted by molar-refractivity contribution is 7.15. The van der Waals surface area contributed by atoms with Gasteiger partial charge in [0.2, 0.25) is 5.91 Å². The van der Waals surface area contributed by atoms with Gasteiger partial charge in [-0.05, 0) is 18.2 Å². The number of methoxy groups -OCH3 is 1. The van der Waals surface area contributed by atoms with E-state index in [1.807, 2.05) is 0 Å². The Morgan fingerprint density at radius 2 is 2.24 bits per heavy atom. The second kappa shape index (κ2) is 7.61. The predicted molar refractivity (Wildman–Crippen MR) is 86.4 cm³/mol. The zero-order chi connectivity index (χ0) is 15.2. The molecule has 21 heavy (non-hydrogen) atoms. The minimum Gasteiger partial charge on any atom is -0.379 e. The van der Waals surface area contributed by atoms with Gasteiger partial charge in [-0.3, -0.25) is 4.79 Å². The van der Waals surface area contributed by atoms with Gasteiger partial charge in [0.25, 0.3) is 0 Å². The number of nitrogens with zero attached hydrogens (tertiary/aromatic N) is 1. The van der Waals surface area contributed by atoms with E-state index in [2.05, 4.69) is 15.6 Å². The van der Waals surface area contributed by atoms with Gasteiger partial charge in [-0.2, -0.15) is 0 Å². The van der Waals surface area contributed by atoms with Crippen molar-refractivity contribution in [2.45, 2.75) is 6.54 Å². The number of rotatable bonds is 6. The number of benzene rings is 1. The second-order valence-corrected chi connectivity index (χ2v) is 6.21. The van der Waals surface area contributed by atoms with Crippen molar-refractivity contribution in [2.24, 2.45) is 0 Å². The first-order valence-electron chi connectivity index (χ1n) is 6.01. The molecule has 0 saturated carbocycles. The topological polar surface area (TPSA) is 63.2 Å². The molecule has 0 unspecified atom stereocenters. The number of aromatic nitrogens is 1. The SMILES string of the molecule is COCC(=O)Nc1ccc(Cl)c(NCc2cnc(Cl)s2)c1. The highest BCUT2D eigenvalue weighted by Crippen LogP contribution is 2.27. The Kier molecular flexibility index (Phi) is 5.81. The molecule has 1 amide bonds. The van der Waals surface area contributed by atoms with Crippen LogP contribution in [-0.4, -0.2) is 24.6 Å². The summed E-state index contributed by atoms with van der Waals surface area (Å²) in [7, 11) is 1.47. The maximum atomic E-state index is 11.5. The molecular weight excluding hydrogens is 333 g/mol. The summed E-state index contributed by atoms with van der Waals surface area (Å²) in [6.07, 6.45) is 1.71. The highest BCUT2D eigenvalue weighted by Gasteiger charge is 2.06. The fraction of sp³-hybridized carbons (Fsp3) is 0.231. The van der Waals surface area contributed by atoms with E-state index in [9.17, 15) is 4.79 Å². The molecule has 0 saturated heterocycles. The van der Waals surface area contributed by atoms with Crippen LogP contribution in [-0.2, 0) is 16.1 Å². The molecule has 1 aromatic carbocycles. The molecule has 2 aromatic rings. The molecule has 0 bridgehead atoms. The maximum absolute atomic E-state index is 11.5. The molecular formula is C13H13Cl2N3O2S. The summed E-state index contributed by atoms with van der Waals surface area (Å²) in [5.74, 6) is -0.222. The van der Waals surface area contributed by atoms with E-state index < -0.39 is 0 Å². The van der Waals surface area contributed by atoms with Crippen LogP contribution in [0.15, 0.2) is 24.4 Å². The Morgan fingerprint density at radius 3 is 2.90 bits per heavy atom. The van der Waals surface area contributed by atoms with Crippen LogP contribution >= 0.6 is 34.5 Å². The number of ether oxygens (including phenoxy) is 1. The van der Waals surface area contributed by atoms with Crippen molar-refractivity contribution in [1.29, 1.82) is 0 Å². The molecule has 0 spiro atoms. The van der Waals surface area contributed by atoms with Crippen LogP contribution in [0.3, 0.4) is 0 Å². The minimum absolute atomic E-state index is 0.00471. The van der Waals surface area contributed by atoms with Gasteiger partial charge in [0.1, 0.15) is 6.61 Å². The number of carbonyl (C=O) groups is 1. The van der Waals surface area contributed by atoms with Gasteiger partial charge in [0.05, 0.1) is 17.3 Å². The first-order chi connectivity index (χ1) is 10.1. The number of hydrogen-bond acceptors (Lipinski definition) is 5. The summed E-state index contributed by atoms with van der Waals surface area (Å²) in [6, 6.07) is 5.20. The van der Waals surface area contributed by atoms with Gasteiger partial charge in [0, 0.05) is 23.9 Å². The van der Waals surface area contributed by atoms with E-state index >= 15 is 0 Å². The van der Waals surface area contributed by atoms with Crippen molar-refractivity contribution >= 4 is 51.8 Å². The predicted octanol–water partition coefficient (Wildman–Crippen LogP) is 3.65. The summed E-state index contributed by atoms with van der Waals surface area (Å²) in [5, 5.41) is 6.47. The number of hydrogen-bond donors (Lipinski definition) is 2. The molecule has 8 heteroatoms. The first kappa shape index (κ1) is 16.0. The minimum atomic E-state index is -0.222. The summed E-state index contributed by atoms with van der Waals surface area (Å²) in [4.78, 5) is 16.4. The Bertz CT molecular complexity index is 634. The van der Waals surface area contributed by atoms with Crippen LogP contribution in [0.2, 0.25) is 9.49 Å². The molecule has 1 aromatic heterocycles. The Morgan fingerprint density at radius 1 is 1.43 bits per heavy atom. The van der Waals surface area contributed by atoms with E-state index in [1.54, 1.807) is 24.4 Å². The summed E-state index contributed by atoms with van der Waals surface area (Å²) >= 11 is 13.3. The van der Waals surface area contributed by atoms with Crippen LogP contribution in [0.5, 0.6) is 0 Å². The third-order valence-electron chi connectivity index (χ3n) is 2.50. The fourth-order valence-electron chi connectivity index (χ4n) is 1.61. The van der Waals surface area contributed by atoms with Gasteiger partial charge in [-0.1, -0.05) is 23.2 Å². The molecule has 2 N–H and O–H groups in total. The van der Waals surface area contributed by atoms with E-state index in [4.69, 9.17) is 27.9 Å². The van der Waals surface area contributed by atoms with Crippen molar-refractivity contribution in [3.63, 3.8) is 0 Å². The summed E-state index contributed by atoms with van der Waals surface area (Å²) in [6.45, 7) is 0.560. The zero-order valence-electron chi connectivity index (χ0n) is 11.2. The third-order valence-corrected chi connectivity index (χ3v) is 3.95. The lowest BCUT2D eigenvalue weighted by Crippen LogP contribution is -2.17. The molecule has 0 aliphatic carbocycles. The molecule has 112 valence electrons. The fourth-order valence-corrected chi connectivity index (χ4v) is 2.72. The van der Waals surface area contributed by atoms with Gasteiger partial charge in [-0.25, -0.2) is 4.98 Å². The van der Waals surface area contributed by atoms with Crippen molar-refractivity contribution < 1.29 is 9.53 Å². The average Bonchev–Trinajstić information content (AvgIpc) is 2.85. The summed E-state index contributed by atoms with van der Waals surface area (Å²) < 4.78 is 5.26. The number of amides is 1. The average molecular weight is 346 g/mol. The van der Waals surface area contributed by atoms with E-state index in [1.165, 1.54) is 18.4 Å². The molecule has 0 aliphatic rings. The number of anilines is 2. The lowest BCUT2D eigenvalue weighted by atomic mass is 10.2. The number of nitrogens with one attached hydrogen (secondary N) is 2. The first-order valence-corrected chi connectivity index (χ1v) is 7.58. The van der Waals surface area contributed by atoms with Crippen LogP contribution in [0, 0.1) is 0 Å². The van der Waals surface area contributed by atoms with E-state index in [-0.39, 0.29) is 12.5 Å². The van der Waals surface area contributed by atoms with Gasteiger partial charge in [-0.15, -0.1) is 11.3 Å². The lowest BCUT2D eigenvalue weighted by Gasteiger charge is -2.10. The second-order valence-electron chi connectivity index (χ2n) is 4.11. The van der Waals surface area contributed by atoms with Crippen LogP contribution in [0.25, 0.3) is 0 Å². The molecule has 0 aliphatic heterocycles. The Balaban J connectivity index is 2.03. The standard InChI is InChI=1S/C13H13Cl2N3O2S/c1-20-7-12(19)18-8-2-3-10(14)11(4-8)16-5-9-6-17-13(15)21-9/h2-4,6,16H,5,7H2,1H3,(H,18,19). The van der Waals surface area contributed by atoms with Gasteiger partial charge >= 0.3 is 0 Å². The lowest BCUT2D eigenvalue weighted by molar-refractivity contribution is -0.119. The van der Waals surface area contributed by atoms with Crippen LogP contribution < -0.4 is 10.6 Å². The molecule has 1 heterocycles. The maximum Gasteiger partial charge on any atom is 0.250 e. The van der Waals surface area contributed by atoms with Crippen molar-refractivity contribution in [1.82, 2.24) is 4.98 Å². The quantitative estimate of drug-likeness (QED) is 0.838. The molecule has 0 radical (unpaired) electrons. The van der Waals surface area contributed by atoms with E-state index in [0.717, 1.165) is 10.6 Å². The third kappa shape index (κ3) is 4.86. The van der Waals surface area contributed by atoms with Gasteiger partial charge < -0.3 is 15.4 Å². The van der Waals surface area contributed by atoms with Crippen molar-refractivity contribution in [3.8, 4) is 0 Å². The summed E-state index contributed by atoms with van der Waals surface area (Å²) in [5.41, 5.74) is 1.36. The van der Waals surface area contributed by atoms with Crippen LogP contribution in [0.4, 0.5) is 11.4 Å². The highest BCUT2D eigenvalue weighted by atomic mass is 35.5. The molecule has 2 rings (SSSR count). The van der Waals surface area contributed by atoms with Crippen molar-refractivity contribution in [3.05, 3.63) is 38.8 Å². The largest absolute Gasteiger partial charge is 0.379 e. The smallest absolute Gasteiger partial charge is 0.250 e. The van der Waals surface area contributed by atoms with Crippen molar-refractivity contribution in [2.75, 3.05) is 24.4 Å². The normalized spacial score (nSPS) is 10.4. The molecule has 0 atom stereocenters.